The maximum absolute atomic E-state index is 6.28. The smallest absolute Gasteiger partial charge is 0.172 e. The second-order valence-electron chi connectivity index (χ2n) is 10.7. The Morgan fingerprint density at radius 3 is 2.70 bits per heavy atom. The zero-order valence-corrected chi connectivity index (χ0v) is 16.9. The van der Waals surface area contributed by atoms with Gasteiger partial charge in [0, 0.05) is 24.2 Å². The quantitative estimate of drug-likeness (QED) is 0.501. The van der Waals surface area contributed by atoms with Crippen LogP contribution in [0, 0.1) is 40.9 Å². The van der Waals surface area contributed by atoms with E-state index in [1.54, 1.807) is 11.8 Å². The molecule has 1 spiro atoms. The van der Waals surface area contributed by atoms with Crippen LogP contribution in [0.25, 0.3) is 0 Å². The van der Waals surface area contributed by atoms with Gasteiger partial charge >= 0.3 is 0 Å². The average molecular weight is 371 g/mol. The van der Waals surface area contributed by atoms with Crippen LogP contribution >= 0.6 is 0 Å². The number of fused-ring (bicyclic) bond motifs is 7. The van der Waals surface area contributed by atoms with Gasteiger partial charge in [0.25, 0.3) is 0 Å². The van der Waals surface area contributed by atoms with Crippen molar-refractivity contribution < 1.29 is 14.2 Å². The summed E-state index contributed by atoms with van der Waals surface area (Å²) < 4.78 is 18.4. The van der Waals surface area contributed by atoms with E-state index in [2.05, 4.69) is 26.5 Å². The Balaban J connectivity index is 1.31. The standard InChI is InChI=1S/C24H34O3/c1-4-25-23(3)20-13-19(20)21-18-6-5-15-14-24(26-11-12-27-24)10-8-16(15)17(18)7-9-22(21,23)2/h4-5,16-21H,1,6-14H2,2-3H3/t16?,17?,18?,19-,20?,21?,22?,23?/m0/s1. The van der Waals surface area contributed by atoms with Crippen LogP contribution in [0.1, 0.15) is 58.8 Å². The van der Waals surface area contributed by atoms with Gasteiger partial charge in [0.05, 0.1) is 19.5 Å². The van der Waals surface area contributed by atoms with E-state index in [0.29, 0.717) is 5.41 Å². The van der Waals surface area contributed by atoms with Gasteiger partial charge in [-0.25, -0.2) is 0 Å². The van der Waals surface area contributed by atoms with Crippen LogP contribution in [0.5, 0.6) is 0 Å². The van der Waals surface area contributed by atoms with E-state index < -0.39 is 0 Å². The summed E-state index contributed by atoms with van der Waals surface area (Å²) in [7, 11) is 0. The second-order valence-corrected chi connectivity index (χ2v) is 10.7. The number of ether oxygens (including phenoxy) is 3. The van der Waals surface area contributed by atoms with Gasteiger partial charge in [0.15, 0.2) is 5.79 Å². The van der Waals surface area contributed by atoms with E-state index in [9.17, 15) is 0 Å². The monoisotopic (exact) mass is 370 g/mol. The van der Waals surface area contributed by atoms with Gasteiger partial charge in [-0.15, -0.1) is 0 Å². The van der Waals surface area contributed by atoms with E-state index in [1.807, 2.05) is 0 Å². The predicted molar refractivity (Wildman–Crippen MR) is 104 cm³/mol. The predicted octanol–water partition coefficient (Wildman–Crippen LogP) is 5.08. The Morgan fingerprint density at radius 1 is 1.11 bits per heavy atom. The Kier molecular flexibility index (Phi) is 3.43. The van der Waals surface area contributed by atoms with Gasteiger partial charge in [-0.05, 0) is 68.6 Å². The third-order valence-corrected chi connectivity index (χ3v) is 9.98. The largest absolute Gasteiger partial charge is 0.495 e. The SMILES string of the molecule is C=COC1(C)C2C[C@@H]2C2C3CC=C4CC5(CCC4C3CCC21C)OCCO5. The minimum absolute atomic E-state index is 0.00119. The Bertz CT molecular complexity index is 692. The molecule has 0 radical (unpaired) electrons. The van der Waals surface area contributed by atoms with Crippen LogP contribution in [0.3, 0.4) is 0 Å². The van der Waals surface area contributed by atoms with Crippen molar-refractivity contribution in [3.05, 3.63) is 24.5 Å². The highest BCUT2D eigenvalue weighted by Gasteiger charge is 2.75. The molecule has 3 heteroatoms. The van der Waals surface area contributed by atoms with Gasteiger partial charge in [0.1, 0.15) is 5.60 Å². The fourth-order valence-corrected chi connectivity index (χ4v) is 8.67. The van der Waals surface area contributed by atoms with Gasteiger partial charge in [-0.3, -0.25) is 0 Å². The first kappa shape index (κ1) is 17.1. The van der Waals surface area contributed by atoms with Crippen molar-refractivity contribution >= 4 is 0 Å². The summed E-state index contributed by atoms with van der Waals surface area (Å²) in [6, 6.07) is 0. The normalized spacial score (nSPS) is 54.4. The molecule has 0 aromatic rings. The van der Waals surface area contributed by atoms with Crippen LogP contribution in [0.2, 0.25) is 0 Å². The highest BCUT2D eigenvalue weighted by molar-refractivity contribution is 5.27. The molecule has 0 aromatic carbocycles. The molecule has 1 aliphatic heterocycles. The Labute approximate surface area is 163 Å². The van der Waals surface area contributed by atoms with Gasteiger partial charge in [0.2, 0.25) is 0 Å². The van der Waals surface area contributed by atoms with Crippen molar-refractivity contribution in [2.24, 2.45) is 40.9 Å². The molecule has 5 aliphatic carbocycles. The van der Waals surface area contributed by atoms with E-state index in [-0.39, 0.29) is 11.4 Å². The summed E-state index contributed by atoms with van der Waals surface area (Å²) >= 11 is 0. The number of hydrogen-bond donors (Lipinski definition) is 0. The minimum atomic E-state index is -0.274. The van der Waals surface area contributed by atoms with Crippen molar-refractivity contribution in [2.75, 3.05) is 13.2 Å². The molecule has 8 atom stereocenters. The molecular formula is C24H34O3. The summed E-state index contributed by atoms with van der Waals surface area (Å²) in [5.74, 6) is 4.69. The van der Waals surface area contributed by atoms with Crippen LogP contribution in [-0.4, -0.2) is 24.6 Å². The molecule has 4 saturated carbocycles. The molecule has 6 rings (SSSR count). The summed E-state index contributed by atoms with van der Waals surface area (Å²) in [6.45, 7) is 10.4. The van der Waals surface area contributed by atoms with Crippen LogP contribution in [0.4, 0.5) is 0 Å². The summed E-state index contributed by atoms with van der Waals surface area (Å²) in [5.41, 5.74) is 1.97. The molecule has 1 heterocycles. The third-order valence-electron chi connectivity index (χ3n) is 9.98. The lowest BCUT2D eigenvalue weighted by Gasteiger charge is -2.57. The van der Waals surface area contributed by atoms with Crippen molar-refractivity contribution in [2.45, 2.75) is 70.2 Å². The molecule has 7 unspecified atom stereocenters. The van der Waals surface area contributed by atoms with E-state index >= 15 is 0 Å². The van der Waals surface area contributed by atoms with Crippen molar-refractivity contribution in [3.8, 4) is 0 Å². The fraction of sp³-hybridized carbons (Fsp3) is 0.833. The van der Waals surface area contributed by atoms with E-state index in [0.717, 1.165) is 61.6 Å². The highest BCUT2D eigenvalue weighted by Crippen LogP contribution is 2.76. The number of rotatable bonds is 2. The van der Waals surface area contributed by atoms with Gasteiger partial charge < -0.3 is 14.2 Å². The molecule has 0 N–H and O–H groups in total. The second kappa shape index (κ2) is 5.42. The lowest BCUT2D eigenvalue weighted by Crippen LogP contribution is -2.54. The maximum atomic E-state index is 6.28. The molecular weight excluding hydrogens is 336 g/mol. The zero-order chi connectivity index (χ0) is 18.4. The first-order valence-corrected chi connectivity index (χ1v) is 11.3. The topological polar surface area (TPSA) is 27.7 Å². The van der Waals surface area contributed by atoms with Crippen molar-refractivity contribution in [1.82, 2.24) is 0 Å². The molecule has 0 aromatic heterocycles. The highest BCUT2D eigenvalue weighted by atomic mass is 16.7. The number of allylic oxidation sites excluding steroid dienone is 1. The number of hydrogen-bond acceptors (Lipinski definition) is 3. The Morgan fingerprint density at radius 2 is 1.93 bits per heavy atom. The summed E-state index contributed by atoms with van der Waals surface area (Å²) in [4.78, 5) is 0. The molecule has 148 valence electrons. The van der Waals surface area contributed by atoms with E-state index in [1.165, 1.54) is 32.1 Å². The average Bonchev–Trinajstić information content (AvgIpc) is 3.28. The van der Waals surface area contributed by atoms with E-state index in [4.69, 9.17) is 14.2 Å². The third kappa shape index (κ3) is 2.06. The molecule has 0 amide bonds. The summed E-state index contributed by atoms with van der Waals surface area (Å²) in [6.07, 6.45) is 13.0. The zero-order valence-electron chi connectivity index (χ0n) is 16.9. The van der Waals surface area contributed by atoms with Crippen LogP contribution in [-0.2, 0) is 14.2 Å². The van der Waals surface area contributed by atoms with Crippen molar-refractivity contribution in [3.63, 3.8) is 0 Å². The molecule has 5 fully saturated rings. The molecule has 27 heavy (non-hydrogen) atoms. The van der Waals surface area contributed by atoms with Crippen LogP contribution < -0.4 is 0 Å². The van der Waals surface area contributed by atoms with Crippen molar-refractivity contribution in [1.29, 1.82) is 0 Å². The Hall–Kier alpha value is -0.800. The lowest BCUT2D eigenvalue weighted by atomic mass is 9.49. The van der Waals surface area contributed by atoms with Crippen LogP contribution in [0.15, 0.2) is 24.5 Å². The molecule has 6 aliphatic rings. The molecule has 3 nitrogen and oxygen atoms in total. The first-order chi connectivity index (χ1) is 13.0. The molecule has 1 saturated heterocycles. The lowest BCUT2D eigenvalue weighted by molar-refractivity contribution is -0.179. The first-order valence-electron chi connectivity index (χ1n) is 11.3. The minimum Gasteiger partial charge on any atom is -0.495 e. The maximum Gasteiger partial charge on any atom is 0.172 e. The fourth-order valence-electron chi connectivity index (χ4n) is 8.67. The molecule has 0 bridgehead atoms. The summed E-state index contributed by atoms with van der Waals surface area (Å²) in [5, 5.41) is 0. The van der Waals surface area contributed by atoms with Gasteiger partial charge in [-0.2, -0.15) is 0 Å². The van der Waals surface area contributed by atoms with Gasteiger partial charge in [-0.1, -0.05) is 25.2 Å².